The molecule has 0 unspecified atom stereocenters. The van der Waals surface area contributed by atoms with Crippen LogP contribution in [0.2, 0.25) is 0 Å². The van der Waals surface area contributed by atoms with Gasteiger partial charge in [-0.25, -0.2) is 0 Å². The highest BCUT2D eigenvalue weighted by Gasteiger charge is 2.10. The molecule has 16 heavy (non-hydrogen) atoms. The van der Waals surface area contributed by atoms with Crippen molar-refractivity contribution in [3.8, 4) is 0 Å². The highest BCUT2D eigenvalue weighted by atomic mass is 32.3. The van der Waals surface area contributed by atoms with Crippen LogP contribution in [0.1, 0.15) is 5.56 Å². The van der Waals surface area contributed by atoms with Crippen molar-refractivity contribution in [3.63, 3.8) is 0 Å². The molecule has 0 aliphatic heterocycles. The van der Waals surface area contributed by atoms with E-state index in [-0.39, 0.29) is 6.42 Å². The fraction of sp³-hybridized carbons (Fsp3) is 0.273. The van der Waals surface area contributed by atoms with Crippen molar-refractivity contribution < 1.29 is 12.3 Å². The van der Waals surface area contributed by atoms with Crippen LogP contribution in [0.4, 0.5) is 3.89 Å². The van der Waals surface area contributed by atoms with E-state index in [1.54, 1.807) is 0 Å². The Bertz CT molecular complexity index is 616. The lowest BCUT2D eigenvalue weighted by molar-refractivity contribution is 0.551. The van der Waals surface area contributed by atoms with Crippen molar-refractivity contribution in [1.29, 1.82) is 0 Å². The fourth-order valence-electron chi connectivity index (χ4n) is 1.82. The lowest BCUT2D eigenvalue weighted by Crippen LogP contribution is -2.02. The zero-order valence-electron chi connectivity index (χ0n) is 8.85. The molecule has 0 fully saturated rings. The van der Waals surface area contributed by atoms with E-state index < -0.39 is 16.0 Å². The highest BCUT2D eigenvalue weighted by Crippen LogP contribution is 2.20. The highest BCUT2D eigenvalue weighted by molar-refractivity contribution is 7.86. The third kappa shape index (κ3) is 2.24. The number of benzene rings is 1. The standard InChI is InChI=1S/C11H12FNO2S/c1-13-7-5-10-9(3-2-4-11(10)13)6-8-16(12,14)15/h2-5,7H,6,8H2,1H3. The zero-order valence-corrected chi connectivity index (χ0v) is 9.67. The molecule has 0 aliphatic rings. The summed E-state index contributed by atoms with van der Waals surface area (Å²) in [5.41, 5.74) is 1.88. The Balaban J connectivity index is 2.38. The number of fused-ring (bicyclic) bond motifs is 1. The topological polar surface area (TPSA) is 39.1 Å². The molecule has 1 heterocycles. The summed E-state index contributed by atoms with van der Waals surface area (Å²) in [6.45, 7) is 0. The van der Waals surface area contributed by atoms with Crippen molar-refractivity contribution >= 4 is 21.1 Å². The van der Waals surface area contributed by atoms with Gasteiger partial charge in [0, 0.05) is 24.1 Å². The van der Waals surface area contributed by atoms with Crippen LogP contribution in [-0.4, -0.2) is 18.7 Å². The van der Waals surface area contributed by atoms with Crippen LogP contribution in [-0.2, 0) is 23.7 Å². The van der Waals surface area contributed by atoms with Gasteiger partial charge < -0.3 is 4.57 Å². The van der Waals surface area contributed by atoms with Crippen molar-refractivity contribution in [3.05, 3.63) is 36.0 Å². The SMILES string of the molecule is Cn1ccc2c(CCS(=O)(=O)F)cccc21. The maximum absolute atomic E-state index is 12.4. The van der Waals surface area contributed by atoms with Crippen LogP contribution in [0.25, 0.3) is 10.9 Å². The van der Waals surface area contributed by atoms with E-state index in [0.29, 0.717) is 0 Å². The van der Waals surface area contributed by atoms with Crippen LogP contribution >= 0.6 is 0 Å². The zero-order chi connectivity index (χ0) is 11.8. The van der Waals surface area contributed by atoms with E-state index in [1.165, 1.54) is 0 Å². The van der Waals surface area contributed by atoms with Gasteiger partial charge in [-0.2, -0.15) is 8.42 Å². The van der Waals surface area contributed by atoms with Gasteiger partial charge in [0.05, 0.1) is 5.75 Å². The Kier molecular flexibility index (Phi) is 2.71. The number of nitrogens with zero attached hydrogens (tertiary/aromatic N) is 1. The van der Waals surface area contributed by atoms with E-state index >= 15 is 0 Å². The predicted octanol–water partition coefficient (Wildman–Crippen LogP) is 2.02. The normalized spacial score (nSPS) is 12.1. The van der Waals surface area contributed by atoms with Crippen LogP contribution in [0.5, 0.6) is 0 Å². The van der Waals surface area contributed by atoms with E-state index in [1.807, 2.05) is 42.1 Å². The molecular formula is C11H12FNO2S. The molecule has 0 aliphatic carbocycles. The Labute approximate surface area is 93.7 Å². The third-order valence-corrected chi connectivity index (χ3v) is 3.33. The van der Waals surface area contributed by atoms with E-state index in [9.17, 15) is 12.3 Å². The smallest absolute Gasteiger partial charge is 0.302 e. The van der Waals surface area contributed by atoms with Gasteiger partial charge in [-0.1, -0.05) is 12.1 Å². The van der Waals surface area contributed by atoms with E-state index in [0.717, 1.165) is 16.5 Å². The number of aryl methyl sites for hydroxylation is 2. The van der Waals surface area contributed by atoms with Gasteiger partial charge in [0.15, 0.2) is 0 Å². The minimum absolute atomic E-state index is 0.209. The lowest BCUT2D eigenvalue weighted by Gasteiger charge is -2.02. The molecule has 5 heteroatoms. The quantitative estimate of drug-likeness (QED) is 0.771. The van der Waals surface area contributed by atoms with Gasteiger partial charge in [0.1, 0.15) is 0 Å². The van der Waals surface area contributed by atoms with Gasteiger partial charge in [-0.3, -0.25) is 0 Å². The summed E-state index contributed by atoms with van der Waals surface area (Å²) < 4.78 is 35.3. The van der Waals surface area contributed by atoms with Crippen molar-refractivity contribution in [2.24, 2.45) is 7.05 Å². The maximum Gasteiger partial charge on any atom is 0.302 e. The first-order valence-electron chi connectivity index (χ1n) is 4.92. The van der Waals surface area contributed by atoms with Crippen molar-refractivity contribution in [2.75, 3.05) is 5.75 Å². The van der Waals surface area contributed by atoms with Gasteiger partial charge in [-0.15, -0.1) is 3.89 Å². The third-order valence-electron chi connectivity index (χ3n) is 2.63. The molecule has 2 aromatic rings. The maximum atomic E-state index is 12.4. The molecule has 86 valence electrons. The monoisotopic (exact) mass is 241 g/mol. The second kappa shape index (κ2) is 3.90. The van der Waals surface area contributed by atoms with E-state index in [4.69, 9.17) is 0 Å². The van der Waals surface area contributed by atoms with Crippen molar-refractivity contribution in [2.45, 2.75) is 6.42 Å². The molecule has 0 bridgehead atoms. The summed E-state index contributed by atoms with van der Waals surface area (Å²) in [6, 6.07) is 7.54. The molecular weight excluding hydrogens is 229 g/mol. The minimum Gasteiger partial charge on any atom is -0.351 e. The van der Waals surface area contributed by atoms with Gasteiger partial charge in [0.2, 0.25) is 0 Å². The number of rotatable bonds is 3. The Morgan fingerprint density at radius 2 is 2.06 bits per heavy atom. The summed E-state index contributed by atoms with van der Waals surface area (Å²) >= 11 is 0. The molecule has 0 saturated carbocycles. The summed E-state index contributed by atoms with van der Waals surface area (Å²) in [6.07, 6.45) is 2.11. The summed E-state index contributed by atoms with van der Waals surface area (Å²) in [7, 11) is -2.48. The predicted molar refractivity (Wildman–Crippen MR) is 61.5 cm³/mol. The molecule has 0 spiro atoms. The van der Waals surface area contributed by atoms with Crippen LogP contribution in [0.3, 0.4) is 0 Å². The van der Waals surface area contributed by atoms with E-state index in [2.05, 4.69) is 0 Å². The molecule has 0 radical (unpaired) electrons. The van der Waals surface area contributed by atoms with Gasteiger partial charge in [0.25, 0.3) is 0 Å². The molecule has 0 amide bonds. The average Bonchev–Trinajstić information content (AvgIpc) is 2.57. The first-order valence-corrected chi connectivity index (χ1v) is 6.48. The lowest BCUT2D eigenvalue weighted by atomic mass is 10.1. The second-order valence-electron chi connectivity index (χ2n) is 3.77. The fourth-order valence-corrected chi connectivity index (χ4v) is 2.28. The molecule has 1 aromatic carbocycles. The average molecular weight is 241 g/mol. The Morgan fingerprint density at radius 1 is 1.31 bits per heavy atom. The Hall–Kier alpha value is -1.36. The second-order valence-corrected chi connectivity index (χ2v) is 5.26. The van der Waals surface area contributed by atoms with Crippen LogP contribution < -0.4 is 0 Å². The summed E-state index contributed by atoms with van der Waals surface area (Å²) in [5.74, 6) is -0.457. The van der Waals surface area contributed by atoms with Gasteiger partial charge >= 0.3 is 10.2 Å². The van der Waals surface area contributed by atoms with Gasteiger partial charge in [-0.05, 0) is 24.1 Å². The first kappa shape index (κ1) is 11.1. The largest absolute Gasteiger partial charge is 0.351 e. The number of halogens is 1. The Morgan fingerprint density at radius 3 is 2.75 bits per heavy atom. The molecule has 3 nitrogen and oxygen atoms in total. The molecule has 1 aromatic heterocycles. The molecule has 0 saturated heterocycles. The molecule has 0 atom stereocenters. The number of aromatic nitrogens is 1. The summed E-state index contributed by atoms with van der Waals surface area (Å²) in [4.78, 5) is 0. The molecule has 0 N–H and O–H groups in total. The minimum atomic E-state index is -4.39. The van der Waals surface area contributed by atoms with Crippen LogP contribution in [0, 0.1) is 0 Å². The summed E-state index contributed by atoms with van der Waals surface area (Å²) in [5, 5.41) is 0.980. The number of hydrogen-bond acceptors (Lipinski definition) is 2. The number of hydrogen-bond donors (Lipinski definition) is 0. The first-order chi connectivity index (χ1) is 7.47. The van der Waals surface area contributed by atoms with Crippen LogP contribution in [0.15, 0.2) is 30.5 Å². The van der Waals surface area contributed by atoms with Crippen molar-refractivity contribution in [1.82, 2.24) is 4.57 Å². The molecule has 2 rings (SSSR count).